The number of halogens is 3. The Morgan fingerprint density at radius 3 is 2.63 bits per heavy atom. The van der Waals surface area contributed by atoms with E-state index in [0.29, 0.717) is 19.2 Å². The van der Waals surface area contributed by atoms with Gasteiger partial charge >= 0.3 is 0 Å². The standard InChI is InChI=1S/C12H14BrF2NO2S/c1-8-3-2-4-16(7-8)19(17,18)12-5-9(13)10(14)6-11(12)15/h5-6,8H,2-4,7H2,1H3. The summed E-state index contributed by atoms with van der Waals surface area (Å²) in [6.07, 6.45) is 1.71. The van der Waals surface area contributed by atoms with Crippen molar-refractivity contribution >= 4 is 26.0 Å². The predicted octanol–water partition coefficient (Wildman–Crippen LogP) is 3.15. The lowest BCUT2D eigenvalue weighted by Crippen LogP contribution is -2.39. The van der Waals surface area contributed by atoms with Crippen LogP contribution < -0.4 is 0 Å². The second-order valence-corrected chi connectivity index (χ2v) is 7.57. The number of hydrogen-bond donors (Lipinski definition) is 0. The molecular weight excluding hydrogens is 340 g/mol. The number of benzene rings is 1. The van der Waals surface area contributed by atoms with Crippen LogP contribution in [0, 0.1) is 17.6 Å². The van der Waals surface area contributed by atoms with Gasteiger partial charge in [-0.2, -0.15) is 4.31 Å². The smallest absolute Gasteiger partial charge is 0.207 e. The summed E-state index contributed by atoms with van der Waals surface area (Å²) in [5.74, 6) is -1.63. The lowest BCUT2D eigenvalue weighted by Gasteiger charge is -2.30. The van der Waals surface area contributed by atoms with Crippen molar-refractivity contribution in [2.45, 2.75) is 24.7 Å². The molecule has 1 atom stereocenters. The summed E-state index contributed by atoms with van der Waals surface area (Å²) >= 11 is 2.88. The molecule has 1 heterocycles. The number of sulfonamides is 1. The Labute approximate surface area is 119 Å². The zero-order chi connectivity index (χ0) is 14.2. The Morgan fingerprint density at radius 2 is 2.00 bits per heavy atom. The number of piperidine rings is 1. The van der Waals surface area contributed by atoms with Crippen LogP contribution in [-0.2, 0) is 10.0 Å². The molecule has 106 valence electrons. The van der Waals surface area contributed by atoms with E-state index < -0.39 is 26.6 Å². The Balaban J connectivity index is 2.42. The van der Waals surface area contributed by atoms with Gasteiger partial charge < -0.3 is 0 Å². The molecule has 0 spiro atoms. The highest BCUT2D eigenvalue weighted by molar-refractivity contribution is 9.10. The van der Waals surface area contributed by atoms with E-state index in [1.165, 1.54) is 4.31 Å². The molecule has 0 bridgehead atoms. The first-order valence-corrected chi connectivity index (χ1v) is 8.20. The first kappa shape index (κ1) is 14.9. The van der Waals surface area contributed by atoms with Crippen LogP contribution in [0.2, 0.25) is 0 Å². The fourth-order valence-electron chi connectivity index (χ4n) is 2.21. The van der Waals surface area contributed by atoms with Crippen molar-refractivity contribution < 1.29 is 17.2 Å². The summed E-state index contributed by atoms with van der Waals surface area (Å²) in [5.41, 5.74) is 0. The molecule has 1 aliphatic rings. The van der Waals surface area contributed by atoms with Gasteiger partial charge in [0.05, 0.1) is 4.47 Å². The van der Waals surface area contributed by atoms with Gasteiger partial charge in [0.15, 0.2) is 0 Å². The number of nitrogens with zero attached hydrogens (tertiary/aromatic N) is 1. The third-order valence-electron chi connectivity index (χ3n) is 3.21. The van der Waals surface area contributed by atoms with Crippen LogP contribution in [-0.4, -0.2) is 25.8 Å². The van der Waals surface area contributed by atoms with Crippen LogP contribution in [0.4, 0.5) is 8.78 Å². The van der Waals surface area contributed by atoms with Crippen LogP contribution in [0.1, 0.15) is 19.8 Å². The summed E-state index contributed by atoms with van der Waals surface area (Å²) < 4.78 is 52.8. The maximum Gasteiger partial charge on any atom is 0.246 e. The van der Waals surface area contributed by atoms with Crippen molar-refractivity contribution in [1.29, 1.82) is 0 Å². The minimum absolute atomic E-state index is 0.0578. The van der Waals surface area contributed by atoms with Crippen LogP contribution in [0.15, 0.2) is 21.5 Å². The molecule has 0 amide bonds. The molecule has 0 radical (unpaired) electrons. The largest absolute Gasteiger partial charge is 0.246 e. The predicted molar refractivity (Wildman–Crippen MR) is 71.2 cm³/mol. The van der Waals surface area contributed by atoms with Crippen molar-refractivity contribution in [2.75, 3.05) is 13.1 Å². The molecule has 0 aromatic heterocycles. The summed E-state index contributed by atoms with van der Waals surface area (Å²) in [7, 11) is -3.90. The van der Waals surface area contributed by atoms with E-state index in [1.807, 2.05) is 6.92 Å². The van der Waals surface area contributed by atoms with Crippen molar-refractivity contribution in [1.82, 2.24) is 4.31 Å². The quantitative estimate of drug-likeness (QED) is 0.766. The molecule has 2 rings (SSSR count). The first-order chi connectivity index (χ1) is 8.82. The zero-order valence-electron chi connectivity index (χ0n) is 10.4. The summed E-state index contributed by atoms with van der Waals surface area (Å²) in [6, 6.07) is 1.57. The third-order valence-corrected chi connectivity index (χ3v) is 5.70. The van der Waals surface area contributed by atoms with E-state index in [0.717, 1.165) is 18.9 Å². The Bertz CT molecular complexity index is 592. The highest BCUT2D eigenvalue weighted by Gasteiger charge is 2.31. The van der Waals surface area contributed by atoms with E-state index in [2.05, 4.69) is 15.9 Å². The van der Waals surface area contributed by atoms with Gasteiger partial charge in [0, 0.05) is 19.2 Å². The monoisotopic (exact) mass is 353 g/mol. The molecule has 7 heteroatoms. The molecule has 1 aromatic carbocycles. The van der Waals surface area contributed by atoms with Gasteiger partial charge in [0.1, 0.15) is 16.5 Å². The van der Waals surface area contributed by atoms with Crippen LogP contribution >= 0.6 is 15.9 Å². The minimum atomic E-state index is -3.90. The first-order valence-electron chi connectivity index (χ1n) is 5.97. The number of hydrogen-bond acceptors (Lipinski definition) is 2. The summed E-state index contributed by atoms with van der Waals surface area (Å²) in [6.45, 7) is 2.70. The zero-order valence-corrected chi connectivity index (χ0v) is 12.8. The minimum Gasteiger partial charge on any atom is -0.207 e. The van der Waals surface area contributed by atoms with Crippen molar-refractivity contribution in [2.24, 2.45) is 5.92 Å². The lowest BCUT2D eigenvalue weighted by molar-refractivity contribution is 0.280. The highest BCUT2D eigenvalue weighted by atomic mass is 79.9. The summed E-state index contributed by atoms with van der Waals surface area (Å²) in [4.78, 5) is -0.477. The molecule has 1 unspecified atom stereocenters. The fourth-order valence-corrected chi connectivity index (χ4v) is 4.37. The molecule has 0 aliphatic carbocycles. The van der Waals surface area contributed by atoms with E-state index in [-0.39, 0.29) is 10.4 Å². The van der Waals surface area contributed by atoms with Gasteiger partial charge in [-0.05, 0) is 40.8 Å². The lowest BCUT2D eigenvalue weighted by atomic mass is 10.0. The SMILES string of the molecule is CC1CCCN(S(=O)(=O)c2cc(Br)c(F)cc2F)C1. The molecule has 0 saturated carbocycles. The molecular formula is C12H14BrF2NO2S. The molecule has 19 heavy (non-hydrogen) atoms. The highest BCUT2D eigenvalue weighted by Crippen LogP contribution is 2.28. The second-order valence-electron chi connectivity index (χ2n) is 4.81. The average molecular weight is 354 g/mol. The van der Waals surface area contributed by atoms with Gasteiger partial charge in [0.2, 0.25) is 10.0 Å². The molecule has 3 nitrogen and oxygen atoms in total. The Kier molecular flexibility index (Phi) is 4.27. The van der Waals surface area contributed by atoms with E-state index in [4.69, 9.17) is 0 Å². The van der Waals surface area contributed by atoms with E-state index in [1.54, 1.807) is 0 Å². The van der Waals surface area contributed by atoms with Crippen LogP contribution in [0.5, 0.6) is 0 Å². The Morgan fingerprint density at radius 1 is 1.32 bits per heavy atom. The van der Waals surface area contributed by atoms with Crippen molar-refractivity contribution in [3.05, 3.63) is 28.2 Å². The second kappa shape index (κ2) is 5.46. The molecule has 1 fully saturated rings. The Hall–Kier alpha value is -0.530. The van der Waals surface area contributed by atoms with Gasteiger partial charge in [-0.1, -0.05) is 6.92 Å². The van der Waals surface area contributed by atoms with Gasteiger partial charge in [0.25, 0.3) is 0 Å². The van der Waals surface area contributed by atoms with Crippen molar-refractivity contribution in [3.8, 4) is 0 Å². The maximum absolute atomic E-state index is 13.7. The van der Waals surface area contributed by atoms with Gasteiger partial charge in [-0.25, -0.2) is 17.2 Å². The van der Waals surface area contributed by atoms with E-state index >= 15 is 0 Å². The van der Waals surface area contributed by atoms with Crippen molar-refractivity contribution in [3.63, 3.8) is 0 Å². The normalized spacial score (nSPS) is 21.6. The summed E-state index contributed by atoms with van der Waals surface area (Å²) in [5, 5.41) is 0. The average Bonchev–Trinajstić information content (AvgIpc) is 2.33. The topological polar surface area (TPSA) is 37.4 Å². The number of rotatable bonds is 2. The molecule has 0 N–H and O–H groups in total. The molecule has 1 saturated heterocycles. The van der Waals surface area contributed by atoms with E-state index in [9.17, 15) is 17.2 Å². The maximum atomic E-state index is 13.7. The van der Waals surface area contributed by atoms with Gasteiger partial charge in [-0.15, -0.1) is 0 Å². The molecule has 1 aromatic rings. The van der Waals surface area contributed by atoms with Crippen LogP contribution in [0.3, 0.4) is 0 Å². The van der Waals surface area contributed by atoms with Crippen LogP contribution in [0.25, 0.3) is 0 Å². The van der Waals surface area contributed by atoms with Gasteiger partial charge in [-0.3, -0.25) is 0 Å². The molecule has 1 aliphatic heterocycles. The third kappa shape index (κ3) is 2.98. The fraction of sp³-hybridized carbons (Fsp3) is 0.500.